The maximum Gasteiger partial charge on any atom is 0.277 e. The van der Waals surface area contributed by atoms with Crippen molar-refractivity contribution >= 4 is 44.6 Å². The van der Waals surface area contributed by atoms with Gasteiger partial charge in [0.05, 0.1) is 28.2 Å². The van der Waals surface area contributed by atoms with Crippen molar-refractivity contribution in [2.75, 3.05) is 13.7 Å². The van der Waals surface area contributed by atoms with Gasteiger partial charge in [0, 0.05) is 28.8 Å². The molecule has 0 radical (unpaired) electrons. The smallest absolute Gasteiger partial charge is 0.277 e. The Balaban J connectivity index is 1.63. The molecular formula is C19H17BrN4O5. The summed E-state index contributed by atoms with van der Waals surface area (Å²) in [4.78, 5) is 25.5. The van der Waals surface area contributed by atoms with Crippen LogP contribution in [0.1, 0.15) is 11.3 Å². The SMILES string of the molecule is COc1ccc(OCC(=O)NN=Cc2c(C)[nH]c3cc([N+](=O)[O-])ccc23)c(Br)c1. The zero-order valence-corrected chi connectivity index (χ0v) is 17.1. The fraction of sp³-hybridized carbons (Fsp3) is 0.158. The van der Waals surface area contributed by atoms with E-state index in [2.05, 4.69) is 31.4 Å². The molecule has 9 nitrogen and oxygen atoms in total. The molecule has 0 aliphatic heterocycles. The number of benzene rings is 2. The summed E-state index contributed by atoms with van der Waals surface area (Å²) < 4.78 is 11.2. The molecule has 0 saturated carbocycles. The van der Waals surface area contributed by atoms with Gasteiger partial charge < -0.3 is 14.5 Å². The van der Waals surface area contributed by atoms with Gasteiger partial charge in [0.2, 0.25) is 0 Å². The lowest BCUT2D eigenvalue weighted by molar-refractivity contribution is -0.384. The number of aromatic nitrogens is 1. The Morgan fingerprint density at radius 1 is 1.34 bits per heavy atom. The van der Waals surface area contributed by atoms with Crippen LogP contribution in [0, 0.1) is 17.0 Å². The first-order valence-corrected chi connectivity index (χ1v) is 9.23. The Bertz CT molecular complexity index is 1110. The lowest BCUT2D eigenvalue weighted by Gasteiger charge is -2.08. The van der Waals surface area contributed by atoms with Crippen LogP contribution in [0.4, 0.5) is 5.69 Å². The number of amides is 1. The van der Waals surface area contributed by atoms with Crippen molar-refractivity contribution in [2.45, 2.75) is 6.92 Å². The zero-order valence-electron chi connectivity index (χ0n) is 15.6. The molecule has 0 atom stereocenters. The minimum absolute atomic E-state index is 0.00242. The molecule has 0 saturated heterocycles. The Morgan fingerprint density at radius 2 is 2.14 bits per heavy atom. The van der Waals surface area contributed by atoms with Crippen LogP contribution in [-0.4, -0.2) is 35.7 Å². The molecule has 0 spiro atoms. The predicted octanol–water partition coefficient (Wildman–Crippen LogP) is 3.68. The predicted molar refractivity (Wildman–Crippen MR) is 112 cm³/mol. The number of carbonyl (C=O) groups is 1. The Morgan fingerprint density at radius 3 is 2.83 bits per heavy atom. The number of aromatic amines is 1. The highest BCUT2D eigenvalue weighted by Gasteiger charge is 2.12. The van der Waals surface area contributed by atoms with Crippen LogP contribution in [0.15, 0.2) is 46.0 Å². The number of hydrazone groups is 1. The van der Waals surface area contributed by atoms with Crippen LogP contribution in [0.2, 0.25) is 0 Å². The molecule has 0 aliphatic rings. The third-order valence-corrected chi connectivity index (χ3v) is 4.73. The summed E-state index contributed by atoms with van der Waals surface area (Å²) in [7, 11) is 1.56. The number of nitro groups is 1. The largest absolute Gasteiger partial charge is 0.497 e. The standard InChI is InChI=1S/C19H17BrN4O5/c1-11-15(14-5-3-12(24(26)27)7-17(14)22-11)9-21-23-19(25)10-29-18-6-4-13(28-2)8-16(18)20/h3-9,22H,10H2,1-2H3,(H,23,25). The van der Waals surface area contributed by atoms with Gasteiger partial charge in [0.15, 0.2) is 6.61 Å². The summed E-state index contributed by atoms with van der Waals surface area (Å²) in [5, 5.41) is 15.6. The van der Waals surface area contributed by atoms with Crippen LogP contribution in [-0.2, 0) is 4.79 Å². The number of nitrogens with zero attached hydrogens (tertiary/aromatic N) is 2. The molecule has 0 aliphatic carbocycles. The minimum atomic E-state index is -0.454. The summed E-state index contributed by atoms with van der Waals surface area (Å²) in [6, 6.07) is 9.67. The highest BCUT2D eigenvalue weighted by Crippen LogP contribution is 2.29. The third kappa shape index (κ3) is 4.72. The van der Waals surface area contributed by atoms with E-state index in [4.69, 9.17) is 9.47 Å². The van der Waals surface area contributed by atoms with E-state index >= 15 is 0 Å². The van der Waals surface area contributed by atoms with Crippen LogP contribution < -0.4 is 14.9 Å². The average Bonchev–Trinajstić information content (AvgIpc) is 3.01. The summed E-state index contributed by atoms with van der Waals surface area (Å²) in [6.07, 6.45) is 1.49. The van der Waals surface area contributed by atoms with Gasteiger partial charge in [-0.2, -0.15) is 5.10 Å². The number of fused-ring (bicyclic) bond motifs is 1. The van der Waals surface area contributed by atoms with Gasteiger partial charge in [-0.15, -0.1) is 0 Å². The van der Waals surface area contributed by atoms with Gasteiger partial charge in [0.1, 0.15) is 11.5 Å². The topological polar surface area (TPSA) is 119 Å². The second kappa shape index (κ2) is 8.74. The van der Waals surface area contributed by atoms with E-state index in [0.29, 0.717) is 21.5 Å². The Labute approximate surface area is 174 Å². The second-order valence-electron chi connectivity index (χ2n) is 6.03. The van der Waals surface area contributed by atoms with E-state index in [-0.39, 0.29) is 12.3 Å². The second-order valence-corrected chi connectivity index (χ2v) is 6.88. The average molecular weight is 461 g/mol. The maximum atomic E-state index is 12.0. The number of carbonyl (C=O) groups excluding carboxylic acids is 1. The van der Waals surface area contributed by atoms with E-state index in [1.807, 2.05) is 6.92 Å². The molecule has 2 N–H and O–H groups in total. The summed E-state index contributed by atoms with van der Waals surface area (Å²) in [5.41, 5.74) is 4.52. The number of non-ortho nitro benzene ring substituents is 1. The van der Waals surface area contributed by atoms with Crippen LogP contribution in [0.25, 0.3) is 10.9 Å². The quantitative estimate of drug-likeness (QED) is 0.316. The number of nitro benzene ring substituents is 1. The highest BCUT2D eigenvalue weighted by molar-refractivity contribution is 9.10. The number of aryl methyl sites for hydroxylation is 1. The Kier molecular flexibility index (Phi) is 6.13. The number of hydrogen-bond donors (Lipinski definition) is 2. The molecular weight excluding hydrogens is 444 g/mol. The number of nitrogens with one attached hydrogen (secondary N) is 2. The monoisotopic (exact) mass is 460 g/mol. The molecule has 1 aromatic heterocycles. The molecule has 3 rings (SSSR count). The number of H-pyrrole nitrogens is 1. The van der Waals surface area contributed by atoms with E-state index in [1.165, 1.54) is 18.3 Å². The van der Waals surface area contributed by atoms with Gasteiger partial charge in [-0.1, -0.05) is 0 Å². The van der Waals surface area contributed by atoms with Crippen molar-refractivity contribution in [3.8, 4) is 11.5 Å². The van der Waals surface area contributed by atoms with E-state index in [1.54, 1.807) is 31.4 Å². The van der Waals surface area contributed by atoms with E-state index in [9.17, 15) is 14.9 Å². The van der Waals surface area contributed by atoms with Gasteiger partial charge in [-0.25, -0.2) is 5.43 Å². The van der Waals surface area contributed by atoms with Crippen molar-refractivity contribution < 1.29 is 19.2 Å². The molecule has 1 amide bonds. The fourth-order valence-corrected chi connectivity index (χ4v) is 3.16. The zero-order chi connectivity index (χ0) is 21.0. The summed E-state index contributed by atoms with van der Waals surface area (Å²) in [6.45, 7) is 1.60. The first-order chi connectivity index (χ1) is 13.9. The van der Waals surface area contributed by atoms with Crippen LogP contribution in [0.3, 0.4) is 0 Å². The van der Waals surface area contributed by atoms with Crippen LogP contribution >= 0.6 is 15.9 Å². The first kappa shape index (κ1) is 20.3. The lowest BCUT2D eigenvalue weighted by Crippen LogP contribution is -2.24. The van der Waals surface area contributed by atoms with Crippen LogP contribution in [0.5, 0.6) is 11.5 Å². The highest BCUT2D eigenvalue weighted by atomic mass is 79.9. The minimum Gasteiger partial charge on any atom is -0.497 e. The molecule has 0 fully saturated rings. The van der Waals surface area contributed by atoms with Gasteiger partial charge in [-0.3, -0.25) is 14.9 Å². The molecule has 3 aromatic rings. The molecule has 2 aromatic carbocycles. The first-order valence-electron chi connectivity index (χ1n) is 8.44. The third-order valence-electron chi connectivity index (χ3n) is 4.11. The van der Waals surface area contributed by atoms with Gasteiger partial charge in [0.25, 0.3) is 11.6 Å². The summed E-state index contributed by atoms with van der Waals surface area (Å²) in [5.74, 6) is 0.730. The normalized spacial score (nSPS) is 11.0. The molecule has 0 bridgehead atoms. The van der Waals surface area contributed by atoms with E-state index in [0.717, 1.165) is 16.6 Å². The number of hydrogen-bond acceptors (Lipinski definition) is 6. The fourth-order valence-electron chi connectivity index (χ4n) is 2.69. The summed E-state index contributed by atoms with van der Waals surface area (Å²) >= 11 is 3.35. The molecule has 1 heterocycles. The number of methoxy groups -OCH3 is 1. The van der Waals surface area contributed by atoms with Gasteiger partial charge in [-0.05, 0) is 47.1 Å². The number of ether oxygens (including phenoxy) is 2. The number of rotatable bonds is 7. The molecule has 150 valence electrons. The van der Waals surface area contributed by atoms with E-state index < -0.39 is 10.8 Å². The lowest BCUT2D eigenvalue weighted by atomic mass is 10.1. The molecule has 29 heavy (non-hydrogen) atoms. The molecule has 0 unspecified atom stereocenters. The van der Waals surface area contributed by atoms with Crippen molar-refractivity contribution in [1.82, 2.24) is 10.4 Å². The van der Waals surface area contributed by atoms with Crippen molar-refractivity contribution in [3.63, 3.8) is 0 Å². The molecule has 10 heteroatoms. The number of halogens is 1. The Hall–Kier alpha value is -3.40. The maximum absolute atomic E-state index is 12.0. The van der Waals surface area contributed by atoms with Crippen molar-refractivity contribution in [3.05, 3.63) is 62.2 Å². The van der Waals surface area contributed by atoms with Gasteiger partial charge >= 0.3 is 0 Å². The van der Waals surface area contributed by atoms with Crippen molar-refractivity contribution in [2.24, 2.45) is 5.10 Å². The van der Waals surface area contributed by atoms with Crippen molar-refractivity contribution in [1.29, 1.82) is 0 Å².